The van der Waals surface area contributed by atoms with Crippen molar-refractivity contribution in [3.05, 3.63) is 0 Å². The molecule has 2 atom stereocenters. The summed E-state index contributed by atoms with van der Waals surface area (Å²) in [6.45, 7) is 82.9. The quantitative estimate of drug-likeness (QED) is 0.0229. The molecule has 0 bridgehead atoms. The van der Waals surface area contributed by atoms with Gasteiger partial charge in [-0.05, 0) is 326 Å². The molecule has 0 aromatic rings. The highest BCUT2D eigenvalue weighted by molar-refractivity contribution is 5.86. The Hall–Kier alpha value is -4.10. The molecule has 11 heterocycles. The maximum absolute atomic E-state index is 13.8. The van der Waals surface area contributed by atoms with Crippen LogP contribution in [-0.2, 0) is 28.7 Å². The zero-order valence-corrected chi connectivity index (χ0v) is 86.0. The number of hydrogen-bond donors (Lipinski definition) is 7. The summed E-state index contributed by atoms with van der Waals surface area (Å²) in [6, 6.07) is 1.35. The molecule has 11 aliphatic heterocycles. The lowest BCUT2D eigenvalue weighted by Crippen LogP contribution is -2.68. The molecular weight excluding hydrogens is 1580 g/mol. The van der Waals surface area contributed by atoms with Crippen LogP contribution < -0.4 is 21.3 Å². The second-order valence-corrected chi connectivity index (χ2v) is 52.3. The van der Waals surface area contributed by atoms with Crippen molar-refractivity contribution in [1.82, 2.24) is 75.5 Å². The van der Waals surface area contributed by atoms with E-state index in [-0.39, 0.29) is 155 Å². The number of nitrogens with one attached hydrogen (secondary N) is 4. The Balaban J connectivity index is 0.000000227. The Morgan fingerprint density at radius 2 is 0.728 bits per heavy atom. The molecule has 0 spiro atoms. The number of piperidine rings is 7. The van der Waals surface area contributed by atoms with Crippen molar-refractivity contribution < 1.29 is 58.9 Å². The minimum Gasteiger partial charge on any atom is -0.464 e. The lowest BCUT2D eigenvalue weighted by atomic mass is 9.78. The van der Waals surface area contributed by atoms with Gasteiger partial charge in [0.25, 0.3) is 0 Å². The highest BCUT2D eigenvalue weighted by Crippen LogP contribution is 2.47. The predicted octanol–water partition coefficient (Wildman–Crippen LogP) is 14.9. The van der Waals surface area contributed by atoms with E-state index in [0.29, 0.717) is 102 Å². The monoisotopic (exact) mass is 1770 g/mol. The third-order valence-corrected chi connectivity index (χ3v) is 28.2. The van der Waals surface area contributed by atoms with Gasteiger partial charge in [0.2, 0.25) is 12.8 Å². The first-order valence-electron chi connectivity index (χ1n) is 48.2. The summed E-state index contributed by atoms with van der Waals surface area (Å²) in [6.07, 6.45) is 19.2. The molecule has 125 heavy (non-hydrogen) atoms. The third kappa shape index (κ3) is 30.5. The Kier molecular flexibility index (Phi) is 34.2. The molecule has 27 heteroatoms. The summed E-state index contributed by atoms with van der Waals surface area (Å²) in [5.74, 6) is 0.437. The van der Waals surface area contributed by atoms with Gasteiger partial charge in [0, 0.05) is 136 Å². The Bertz CT molecular complexity index is 3260. The van der Waals surface area contributed by atoms with Crippen molar-refractivity contribution in [2.24, 2.45) is 22.7 Å². The SMILES string of the molecule is CC(CC(=O)OCCN1C(C)(C)CC(OC(=O)CC(C)CC(C)(C)C)CC1(C)C)CC(C)(C)C.CC1(C)CC(N(C=O)CCCCCN(C=O)C2CC(C)(C)NC(C)(C)C2)CC(C)(C)N1.CC1(C)CC(N2CN3C(=O)N4CN(C5CC(C)(C)NC(C)(C)C5)CN5C(=O)N(C2)C3C45)CC(C)(C)N1.CC1(C)CC(O)CC(C)(C)N1O.CC1(C)CC(O)CC(C)(C)N1[OH2+]. The van der Waals surface area contributed by atoms with E-state index >= 15 is 0 Å². The van der Waals surface area contributed by atoms with E-state index in [1.807, 2.05) is 84.8 Å². The number of aliphatic hydroxyl groups is 2. The first-order valence-corrected chi connectivity index (χ1v) is 48.2. The van der Waals surface area contributed by atoms with Crippen LogP contribution in [-0.4, -0.2) is 297 Å². The molecule has 11 saturated heterocycles. The molecule has 9 N–H and O–H groups in total. The zero-order chi connectivity index (χ0) is 95.2. The minimum absolute atomic E-state index is 0.0102. The van der Waals surface area contributed by atoms with Crippen LogP contribution in [0.25, 0.3) is 0 Å². The van der Waals surface area contributed by atoms with Crippen molar-refractivity contribution in [2.45, 2.75) is 516 Å². The van der Waals surface area contributed by atoms with Gasteiger partial charge >= 0.3 is 24.0 Å². The van der Waals surface area contributed by atoms with Crippen LogP contribution in [0.5, 0.6) is 0 Å². The first-order chi connectivity index (χ1) is 56.4. The van der Waals surface area contributed by atoms with Crippen LogP contribution >= 0.6 is 0 Å². The summed E-state index contributed by atoms with van der Waals surface area (Å²) in [7, 11) is 0. The number of amides is 6. The number of ether oxygens (including phenoxy) is 2. The molecule has 2 unspecified atom stereocenters. The number of esters is 2. The van der Waals surface area contributed by atoms with Gasteiger partial charge in [-0.15, -0.1) is 0 Å². The molecule has 11 aliphatic rings. The van der Waals surface area contributed by atoms with Crippen LogP contribution in [0.2, 0.25) is 0 Å². The molecular formula is C98H188N15O12+. The summed E-state index contributed by atoms with van der Waals surface area (Å²) < 4.78 is 11.6. The number of unbranched alkanes of at least 4 members (excludes halogenated alkanes) is 2. The van der Waals surface area contributed by atoms with E-state index in [1.165, 1.54) is 5.06 Å². The molecule has 27 nitrogen and oxygen atoms in total. The second kappa shape index (κ2) is 39.6. The lowest BCUT2D eigenvalue weighted by molar-refractivity contribution is -0.257. The number of rotatable bonds is 22. The molecule has 0 radical (unpaired) electrons. The van der Waals surface area contributed by atoms with Crippen LogP contribution in [0, 0.1) is 22.7 Å². The number of carbonyl (C=O) groups excluding carboxylic acids is 6. The van der Waals surface area contributed by atoms with Crippen molar-refractivity contribution in [2.75, 3.05) is 52.9 Å². The molecule has 11 fully saturated rings. The zero-order valence-electron chi connectivity index (χ0n) is 86.0. The smallest absolute Gasteiger partial charge is 0.325 e. The summed E-state index contributed by atoms with van der Waals surface area (Å²) in [5.41, 5.74) is -0.754. The van der Waals surface area contributed by atoms with Crippen molar-refractivity contribution in [1.29, 1.82) is 0 Å². The Morgan fingerprint density at radius 3 is 1.02 bits per heavy atom. The number of nitrogens with zero attached hydrogens (tertiary/aromatic N) is 11. The standard InChI is InChI=1S/C29H55NO4.C26H46N8O2.C25H48N4O2.2C9H19NO2/c1-21(17-26(3,4)5)15-24(31)33-14-13-30-28(9,10)19-23(20-29(30,11)12)34-25(32)16-22(2)18-27(6,7)8;1-23(2)9-17(10-24(3,4)27-23)29-13-31-19-20-33(21(31)35)15-30(16-34(20)22(36)32(19)14-29)18-11-25(5,6)28-26(7,8)12-18;1-22(2)14-20(15-23(3,4)26-22)28(18-30)12-10-9-11-13-29(19-31)21-16-24(5,6)27-25(7,8)17-21;2*1-8(2)5-7(11)6-9(3,4)10(8)12/h21-23H,13-20H2,1-12H3;17-20,27-28H,9-16H2,1-8H3;18-21,26-27H,9-17H2,1-8H3;2*7,11-12H,5-6H2,1-4H3/p+1. The number of likely N-dealkylation sites (tertiary alicyclic amines) is 1. The third-order valence-electron chi connectivity index (χ3n) is 28.2. The van der Waals surface area contributed by atoms with Gasteiger partial charge in [0.1, 0.15) is 12.7 Å². The predicted molar refractivity (Wildman–Crippen MR) is 502 cm³/mol. The summed E-state index contributed by atoms with van der Waals surface area (Å²) in [4.78, 5) is 95.3. The van der Waals surface area contributed by atoms with Crippen molar-refractivity contribution in [3.63, 3.8) is 0 Å². The number of carbonyl (C=O) groups is 6. The van der Waals surface area contributed by atoms with Gasteiger partial charge in [-0.25, -0.2) is 9.59 Å². The molecule has 0 aromatic heterocycles. The normalized spacial score (nSPS) is 27.3. The van der Waals surface area contributed by atoms with E-state index < -0.39 is 0 Å². The molecule has 0 aliphatic carbocycles. The number of aliphatic hydroxyl groups excluding tert-OH is 2. The molecule has 11 rings (SSSR count). The van der Waals surface area contributed by atoms with Gasteiger partial charge in [-0.1, -0.05) is 60.5 Å². The fraction of sp³-hybridized carbons (Fsp3) is 0.939. The van der Waals surface area contributed by atoms with Gasteiger partial charge in [0.05, 0.1) is 50.0 Å². The maximum atomic E-state index is 13.8. The van der Waals surface area contributed by atoms with E-state index in [9.17, 15) is 44.2 Å². The van der Waals surface area contributed by atoms with Crippen molar-refractivity contribution in [3.8, 4) is 0 Å². The fourth-order valence-corrected chi connectivity index (χ4v) is 25.8. The van der Waals surface area contributed by atoms with Gasteiger partial charge in [0.15, 0.2) is 12.3 Å². The molecule has 726 valence electrons. The average molecular weight is 1770 g/mol. The number of hydrogen-bond acceptors (Lipinski definition) is 20. The summed E-state index contributed by atoms with van der Waals surface area (Å²) >= 11 is 0. The molecule has 0 aromatic carbocycles. The second-order valence-electron chi connectivity index (χ2n) is 52.3. The Morgan fingerprint density at radius 1 is 0.440 bits per heavy atom. The van der Waals surface area contributed by atoms with Crippen LogP contribution in [0.3, 0.4) is 0 Å². The van der Waals surface area contributed by atoms with Crippen LogP contribution in [0.4, 0.5) is 9.59 Å². The van der Waals surface area contributed by atoms with Gasteiger partial charge in [-0.2, -0.15) is 5.06 Å². The largest absolute Gasteiger partial charge is 0.464 e. The summed E-state index contributed by atoms with van der Waals surface area (Å²) in [5, 5.41) is 54.7. The minimum atomic E-state index is -0.318. The van der Waals surface area contributed by atoms with E-state index in [4.69, 9.17) is 14.7 Å². The molecule has 6 amide bonds. The van der Waals surface area contributed by atoms with E-state index in [2.05, 4.69) is 230 Å². The van der Waals surface area contributed by atoms with E-state index in [1.54, 1.807) is 5.06 Å². The van der Waals surface area contributed by atoms with E-state index in [0.717, 1.165) is 122 Å². The number of urea groups is 2. The lowest BCUT2D eigenvalue weighted by Gasteiger charge is -2.54. The van der Waals surface area contributed by atoms with Gasteiger partial charge in [-0.3, -0.25) is 53.5 Å². The maximum Gasteiger partial charge on any atom is 0.325 e. The molecule has 0 saturated carbocycles. The fourth-order valence-electron chi connectivity index (χ4n) is 25.8. The van der Waals surface area contributed by atoms with Crippen LogP contribution in [0.15, 0.2) is 0 Å². The topological polar surface area (TPSA) is 288 Å². The van der Waals surface area contributed by atoms with Gasteiger partial charge < -0.3 is 61.2 Å². The van der Waals surface area contributed by atoms with Crippen molar-refractivity contribution >= 4 is 36.8 Å². The first kappa shape index (κ1) is 108. The highest BCUT2D eigenvalue weighted by Gasteiger charge is 2.65. The highest BCUT2D eigenvalue weighted by atomic mass is 16.5. The van der Waals surface area contributed by atoms with Crippen LogP contribution in [0.1, 0.15) is 384 Å². The number of hydroxylamine groups is 4. The Labute approximate surface area is 759 Å². The average Bonchev–Trinajstić information content (AvgIpc) is 1.54.